The summed E-state index contributed by atoms with van der Waals surface area (Å²) in [6, 6.07) is 11.4. The Kier molecular flexibility index (Phi) is 8.87. The number of nitrogens with one attached hydrogen (secondary N) is 2. The normalized spacial score (nSPS) is 12.0. The van der Waals surface area contributed by atoms with Gasteiger partial charge in [-0.3, -0.25) is 9.35 Å². The molecule has 2 heterocycles. The quantitative estimate of drug-likeness (QED) is 0.190. The lowest BCUT2D eigenvalue weighted by Crippen LogP contribution is -2.36. The van der Waals surface area contributed by atoms with Crippen molar-refractivity contribution in [3.8, 4) is 11.5 Å². The van der Waals surface area contributed by atoms with E-state index in [4.69, 9.17) is 20.4 Å². The molecule has 188 valence electrons. The molecule has 0 spiro atoms. The number of hydrogen-bond acceptors (Lipinski definition) is 8. The second-order valence-electron chi connectivity index (χ2n) is 7.72. The van der Waals surface area contributed by atoms with Gasteiger partial charge in [-0.05, 0) is 35.4 Å². The predicted octanol–water partition coefficient (Wildman–Crippen LogP) is 1.66. The standard InChI is InChI=1S/2C12H13N3O3/c2*16-10-3-1-9(2-4-10)7-11(12(17)18)14-15-6-5-13-8-15/h2*1-6,8,11,14,16H,7H2,(H,17,18). The molecule has 4 rings (SSSR count). The molecule has 2 aromatic carbocycles. The third-order valence-corrected chi connectivity index (χ3v) is 4.97. The van der Waals surface area contributed by atoms with Crippen molar-refractivity contribution in [3.05, 3.63) is 97.1 Å². The fourth-order valence-corrected chi connectivity index (χ4v) is 3.14. The van der Waals surface area contributed by atoms with Gasteiger partial charge in [-0.2, -0.15) is 0 Å². The monoisotopic (exact) mass is 494 g/mol. The van der Waals surface area contributed by atoms with Crippen molar-refractivity contribution >= 4 is 11.9 Å². The lowest BCUT2D eigenvalue weighted by atomic mass is 10.1. The first-order valence-electron chi connectivity index (χ1n) is 10.8. The van der Waals surface area contributed by atoms with Crippen LogP contribution in [0.4, 0.5) is 0 Å². The van der Waals surface area contributed by atoms with Gasteiger partial charge >= 0.3 is 11.9 Å². The zero-order valence-electron chi connectivity index (χ0n) is 19.0. The Bertz CT molecular complexity index is 1110. The molecule has 0 amide bonds. The lowest BCUT2D eigenvalue weighted by molar-refractivity contribution is -0.139. The van der Waals surface area contributed by atoms with Crippen LogP contribution in [0.5, 0.6) is 11.5 Å². The largest absolute Gasteiger partial charge is 0.508 e. The van der Waals surface area contributed by atoms with Crippen LogP contribution in [-0.4, -0.2) is 63.8 Å². The Labute approximate surface area is 206 Å². The van der Waals surface area contributed by atoms with Crippen molar-refractivity contribution in [2.24, 2.45) is 0 Å². The number of rotatable bonds is 10. The Balaban J connectivity index is 0.000000201. The molecule has 0 saturated heterocycles. The van der Waals surface area contributed by atoms with Crippen molar-refractivity contribution in [1.82, 2.24) is 19.3 Å². The molecular weight excluding hydrogens is 468 g/mol. The lowest BCUT2D eigenvalue weighted by Gasteiger charge is -2.16. The first-order valence-corrected chi connectivity index (χ1v) is 10.8. The fraction of sp³-hybridized carbons (Fsp3) is 0.167. The Morgan fingerprint density at radius 1 is 0.694 bits per heavy atom. The second kappa shape index (κ2) is 12.5. The third-order valence-electron chi connectivity index (χ3n) is 4.97. The molecule has 2 aromatic heterocycles. The van der Waals surface area contributed by atoms with E-state index in [0.29, 0.717) is 12.8 Å². The first kappa shape index (κ1) is 25.6. The number of benzene rings is 2. The highest BCUT2D eigenvalue weighted by molar-refractivity contribution is 5.76. The molecule has 4 aromatic rings. The summed E-state index contributed by atoms with van der Waals surface area (Å²) in [5.41, 5.74) is 7.28. The van der Waals surface area contributed by atoms with Gasteiger partial charge < -0.3 is 31.3 Å². The van der Waals surface area contributed by atoms with E-state index < -0.39 is 24.0 Å². The molecule has 12 heteroatoms. The summed E-state index contributed by atoms with van der Waals surface area (Å²) in [6.45, 7) is 0. The summed E-state index contributed by atoms with van der Waals surface area (Å²) in [4.78, 5) is 30.0. The van der Waals surface area contributed by atoms with Crippen LogP contribution < -0.4 is 10.9 Å². The van der Waals surface area contributed by atoms with Crippen LogP contribution in [0.2, 0.25) is 0 Å². The van der Waals surface area contributed by atoms with Crippen LogP contribution in [0, 0.1) is 0 Å². The minimum Gasteiger partial charge on any atom is -0.508 e. The topological polar surface area (TPSA) is 175 Å². The van der Waals surface area contributed by atoms with E-state index in [1.165, 1.54) is 46.3 Å². The molecular formula is C24H26N6O6. The van der Waals surface area contributed by atoms with E-state index in [-0.39, 0.29) is 11.5 Å². The molecule has 0 bridgehead atoms. The number of carbonyl (C=O) groups is 2. The van der Waals surface area contributed by atoms with Gasteiger partial charge in [0.2, 0.25) is 0 Å². The van der Waals surface area contributed by atoms with Gasteiger partial charge in [-0.1, -0.05) is 24.3 Å². The fourth-order valence-electron chi connectivity index (χ4n) is 3.14. The van der Waals surface area contributed by atoms with Gasteiger partial charge in [-0.15, -0.1) is 0 Å². The van der Waals surface area contributed by atoms with Gasteiger partial charge in [0.15, 0.2) is 0 Å². The van der Waals surface area contributed by atoms with E-state index in [2.05, 4.69) is 20.8 Å². The van der Waals surface area contributed by atoms with Crippen LogP contribution in [0.25, 0.3) is 0 Å². The molecule has 0 aliphatic heterocycles. The third kappa shape index (κ3) is 8.09. The molecule has 0 radical (unpaired) electrons. The van der Waals surface area contributed by atoms with Crippen molar-refractivity contribution in [2.45, 2.75) is 24.9 Å². The predicted molar refractivity (Wildman–Crippen MR) is 130 cm³/mol. The zero-order valence-corrected chi connectivity index (χ0v) is 19.0. The van der Waals surface area contributed by atoms with E-state index >= 15 is 0 Å². The molecule has 6 N–H and O–H groups in total. The van der Waals surface area contributed by atoms with E-state index in [9.17, 15) is 9.59 Å². The number of aromatic hydroxyl groups is 2. The number of imidazole rings is 2. The van der Waals surface area contributed by atoms with Gasteiger partial charge in [0.1, 0.15) is 36.2 Å². The molecule has 0 aliphatic carbocycles. The van der Waals surface area contributed by atoms with Gasteiger partial charge in [0.05, 0.1) is 0 Å². The maximum Gasteiger partial charge on any atom is 0.328 e. The summed E-state index contributed by atoms with van der Waals surface area (Å²) in [6.07, 6.45) is 10.00. The Morgan fingerprint density at radius 3 is 1.33 bits per heavy atom. The van der Waals surface area contributed by atoms with Gasteiger partial charge in [-0.25, -0.2) is 19.6 Å². The molecule has 36 heavy (non-hydrogen) atoms. The van der Waals surface area contributed by atoms with E-state index in [1.54, 1.807) is 49.1 Å². The number of carboxylic acid groups (broad SMARTS) is 2. The van der Waals surface area contributed by atoms with Crippen molar-refractivity contribution in [3.63, 3.8) is 0 Å². The number of nitrogens with zero attached hydrogens (tertiary/aromatic N) is 4. The number of hydrogen-bond donors (Lipinski definition) is 6. The number of aromatic nitrogens is 4. The minimum atomic E-state index is -0.947. The first-order chi connectivity index (χ1) is 17.3. The summed E-state index contributed by atoms with van der Waals surface area (Å²) in [7, 11) is 0. The SMILES string of the molecule is O=C(O)C(Cc1ccc(O)cc1)Nn1ccnc1.O=C(O)C(Cc1ccc(O)cc1)Nn1ccnc1. The number of carboxylic acids is 2. The Hall–Kier alpha value is -5.00. The summed E-state index contributed by atoms with van der Waals surface area (Å²) in [5.74, 6) is -1.57. The van der Waals surface area contributed by atoms with Crippen molar-refractivity contribution in [1.29, 1.82) is 0 Å². The highest BCUT2D eigenvalue weighted by atomic mass is 16.4. The highest BCUT2D eigenvalue weighted by Gasteiger charge is 2.18. The Morgan fingerprint density at radius 2 is 1.06 bits per heavy atom. The smallest absolute Gasteiger partial charge is 0.328 e. The average Bonchev–Trinajstić information content (AvgIpc) is 3.56. The van der Waals surface area contributed by atoms with Gasteiger partial charge in [0, 0.05) is 37.6 Å². The average molecular weight is 495 g/mol. The molecule has 2 atom stereocenters. The minimum absolute atomic E-state index is 0.160. The molecule has 0 saturated carbocycles. The molecule has 0 aliphatic rings. The number of aliphatic carboxylic acids is 2. The van der Waals surface area contributed by atoms with E-state index in [1.807, 2.05) is 0 Å². The number of phenolic OH excluding ortho intramolecular Hbond substituents is 2. The van der Waals surface area contributed by atoms with Crippen LogP contribution in [-0.2, 0) is 22.4 Å². The van der Waals surface area contributed by atoms with Gasteiger partial charge in [0.25, 0.3) is 0 Å². The molecule has 12 nitrogen and oxygen atoms in total. The summed E-state index contributed by atoms with van der Waals surface area (Å²) < 4.78 is 3.00. The van der Waals surface area contributed by atoms with Crippen LogP contribution in [0.3, 0.4) is 0 Å². The van der Waals surface area contributed by atoms with E-state index in [0.717, 1.165) is 11.1 Å². The maximum absolute atomic E-state index is 11.2. The maximum atomic E-state index is 11.2. The zero-order chi connectivity index (χ0) is 25.9. The highest BCUT2D eigenvalue weighted by Crippen LogP contribution is 2.13. The molecule has 0 fully saturated rings. The molecule has 2 unspecified atom stereocenters. The summed E-state index contributed by atoms with van der Waals surface area (Å²) >= 11 is 0. The van der Waals surface area contributed by atoms with Crippen LogP contribution in [0.1, 0.15) is 11.1 Å². The number of phenols is 2. The second-order valence-corrected chi connectivity index (χ2v) is 7.72. The summed E-state index contributed by atoms with van der Waals surface area (Å²) in [5, 5.41) is 36.6. The van der Waals surface area contributed by atoms with Crippen LogP contribution in [0.15, 0.2) is 86.0 Å². The van der Waals surface area contributed by atoms with Crippen molar-refractivity contribution < 1.29 is 30.0 Å². The van der Waals surface area contributed by atoms with Crippen LogP contribution >= 0.6 is 0 Å². The van der Waals surface area contributed by atoms with Crippen molar-refractivity contribution in [2.75, 3.05) is 10.9 Å².